The highest BCUT2D eigenvalue weighted by molar-refractivity contribution is 5.82. The first-order valence-corrected chi connectivity index (χ1v) is 12.7. The van der Waals surface area contributed by atoms with Crippen LogP contribution in [0, 0.1) is 46.5 Å². The van der Waals surface area contributed by atoms with Gasteiger partial charge >= 0.3 is 0 Å². The van der Waals surface area contributed by atoms with Gasteiger partial charge in [0.15, 0.2) is 11.5 Å². The van der Waals surface area contributed by atoms with Crippen LogP contribution in [-0.4, -0.2) is 57.3 Å². The van der Waals surface area contributed by atoms with Gasteiger partial charge in [-0.25, -0.2) is 13.2 Å². The molecule has 1 amide bonds. The second-order valence-corrected chi connectivity index (χ2v) is 10.4. The number of likely N-dealkylation sites (tertiary alicyclic amines) is 1. The fourth-order valence-electron chi connectivity index (χ4n) is 5.97. The Balaban J connectivity index is 1.43. The number of carbonyl (C=O) groups excluding carboxylic acids is 1. The zero-order valence-electron chi connectivity index (χ0n) is 21.4. The predicted molar refractivity (Wildman–Crippen MR) is 135 cm³/mol. The van der Waals surface area contributed by atoms with E-state index < -0.39 is 34.9 Å². The molecule has 1 N–H and O–H groups in total. The summed E-state index contributed by atoms with van der Waals surface area (Å²) in [5.74, 6) is -4.06. The third-order valence-electron chi connectivity index (χ3n) is 8.02. The molecule has 2 aromatic heterocycles. The molecule has 2 saturated heterocycles. The van der Waals surface area contributed by atoms with E-state index in [1.807, 2.05) is 19.9 Å². The molecule has 1 aromatic carbocycles. The number of nitrogens with zero attached hydrogens (tertiary/aromatic N) is 6. The highest BCUT2D eigenvalue weighted by Crippen LogP contribution is 2.43. The van der Waals surface area contributed by atoms with Crippen molar-refractivity contribution in [3.8, 4) is 6.07 Å². The Morgan fingerprint density at radius 2 is 1.69 bits per heavy atom. The Morgan fingerprint density at radius 1 is 1.00 bits per heavy atom. The van der Waals surface area contributed by atoms with E-state index in [9.17, 15) is 23.1 Å². The van der Waals surface area contributed by atoms with Crippen LogP contribution < -0.4 is 4.90 Å². The van der Waals surface area contributed by atoms with Gasteiger partial charge in [-0.3, -0.25) is 9.78 Å². The molecule has 5 rings (SSSR count). The first kappa shape index (κ1) is 26.6. The minimum atomic E-state index is -1.27. The van der Waals surface area contributed by atoms with Crippen LogP contribution in [0.2, 0.25) is 0 Å². The number of hydrogen-bond donors (Lipinski definition) is 1. The first-order chi connectivity index (χ1) is 18.6. The lowest BCUT2D eigenvalue weighted by atomic mass is 9.70. The molecule has 8 nitrogen and oxygen atoms in total. The quantitative estimate of drug-likeness (QED) is 0.545. The predicted octanol–water partition coefficient (Wildman–Crippen LogP) is 3.38. The molecular formula is C28H27F3N6O2. The lowest BCUT2D eigenvalue weighted by Crippen LogP contribution is -2.57. The molecule has 4 atom stereocenters. The van der Waals surface area contributed by atoms with Gasteiger partial charge in [0, 0.05) is 50.0 Å². The topological polar surface area (TPSA) is 106 Å². The number of pyridine rings is 1. The molecular weight excluding hydrogens is 509 g/mol. The number of nitriles is 1. The number of benzene rings is 1. The molecule has 4 unspecified atom stereocenters. The monoisotopic (exact) mass is 536 g/mol. The Labute approximate surface area is 223 Å². The van der Waals surface area contributed by atoms with Crippen molar-refractivity contribution in [2.24, 2.45) is 17.8 Å². The molecule has 11 heteroatoms. The van der Waals surface area contributed by atoms with Crippen molar-refractivity contribution in [1.82, 2.24) is 20.1 Å². The summed E-state index contributed by atoms with van der Waals surface area (Å²) >= 11 is 0. The lowest BCUT2D eigenvalue weighted by molar-refractivity contribution is -0.152. The van der Waals surface area contributed by atoms with Crippen LogP contribution in [-0.2, 0) is 10.4 Å². The Morgan fingerprint density at radius 3 is 2.28 bits per heavy atom. The summed E-state index contributed by atoms with van der Waals surface area (Å²) in [6.45, 7) is 4.51. The molecule has 0 radical (unpaired) electrons. The summed E-state index contributed by atoms with van der Waals surface area (Å²) in [6.07, 6.45) is 0.929. The van der Waals surface area contributed by atoms with Crippen LogP contribution >= 0.6 is 0 Å². The first-order valence-electron chi connectivity index (χ1n) is 12.7. The smallest absolute Gasteiger partial charge is 0.228 e. The van der Waals surface area contributed by atoms with E-state index in [-0.39, 0.29) is 55.3 Å². The molecule has 39 heavy (non-hydrogen) atoms. The van der Waals surface area contributed by atoms with Crippen molar-refractivity contribution in [1.29, 1.82) is 5.26 Å². The average molecular weight is 537 g/mol. The highest BCUT2D eigenvalue weighted by atomic mass is 19.1. The van der Waals surface area contributed by atoms with Gasteiger partial charge in [0.05, 0.1) is 23.4 Å². The van der Waals surface area contributed by atoms with Crippen molar-refractivity contribution in [3.05, 3.63) is 83.1 Å². The molecule has 2 aliphatic heterocycles. The minimum absolute atomic E-state index is 0.0141. The van der Waals surface area contributed by atoms with Crippen LogP contribution in [0.4, 0.5) is 19.0 Å². The van der Waals surface area contributed by atoms with Crippen molar-refractivity contribution in [3.63, 3.8) is 0 Å². The van der Waals surface area contributed by atoms with Gasteiger partial charge < -0.3 is 14.9 Å². The maximum absolute atomic E-state index is 14.9. The van der Waals surface area contributed by atoms with Gasteiger partial charge in [0.25, 0.3) is 0 Å². The molecule has 2 fully saturated rings. The van der Waals surface area contributed by atoms with Gasteiger partial charge in [-0.2, -0.15) is 5.26 Å². The molecule has 0 saturated carbocycles. The Hall–Kier alpha value is -4.04. The van der Waals surface area contributed by atoms with Gasteiger partial charge in [0.1, 0.15) is 23.5 Å². The largest absolute Gasteiger partial charge is 0.384 e. The van der Waals surface area contributed by atoms with Crippen LogP contribution in [0.5, 0.6) is 0 Å². The summed E-state index contributed by atoms with van der Waals surface area (Å²) in [6, 6.07) is 11.5. The van der Waals surface area contributed by atoms with Crippen LogP contribution in [0.15, 0.2) is 48.7 Å². The van der Waals surface area contributed by atoms with Gasteiger partial charge in [-0.05, 0) is 29.8 Å². The second-order valence-electron chi connectivity index (χ2n) is 10.4. The molecule has 3 aromatic rings. The number of amides is 1. The van der Waals surface area contributed by atoms with E-state index >= 15 is 0 Å². The number of halogens is 3. The van der Waals surface area contributed by atoms with Gasteiger partial charge in [-0.1, -0.05) is 26.0 Å². The van der Waals surface area contributed by atoms with Crippen LogP contribution in [0.3, 0.4) is 0 Å². The number of rotatable bonds is 4. The standard InChI is InChI=1S/C28H27F3N6O2/c1-16-12-37(13-17(2)28(16,39)18-3-5-19(29)6-4-18)27(38)23-15-36(25-8-7-21(10-32)34-35-25)14-22(23)26-24(31)9-20(30)11-33-26/h3-9,11,16-17,22-23,39H,12-15H2,1-2H3. The van der Waals surface area contributed by atoms with Crippen LogP contribution in [0.1, 0.15) is 36.7 Å². The Bertz CT molecular complexity index is 1400. The van der Waals surface area contributed by atoms with Gasteiger partial charge in [-0.15, -0.1) is 10.2 Å². The van der Waals surface area contributed by atoms with Gasteiger partial charge in [0.2, 0.25) is 5.91 Å². The third kappa shape index (κ3) is 4.81. The molecule has 0 spiro atoms. The van der Waals surface area contributed by atoms with E-state index in [1.165, 1.54) is 18.2 Å². The molecule has 0 aliphatic carbocycles. The normalized spacial score (nSPS) is 26.9. The van der Waals surface area contributed by atoms with E-state index in [0.717, 1.165) is 12.3 Å². The summed E-state index contributed by atoms with van der Waals surface area (Å²) in [5.41, 5.74) is -0.565. The van der Waals surface area contributed by atoms with E-state index in [0.29, 0.717) is 11.4 Å². The molecule has 2 aliphatic rings. The lowest BCUT2D eigenvalue weighted by Gasteiger charge is -2.48. The zero-order valence-corrected chi connectivity index (χ0v) is 21.4. The van der Waals surface area contributed by atoms with Crippen molar-refractivity contribution in [2.75, 3.05) is 31.1 Å². The highest BCUT2D eigenvalue weighted by Gasteiger charge is 2.49. The third-order valence-corrected chi connectivity index (χ3v) is 8.02. The maximum Gasteiger partial charge on any atom is 0.228 e. The van der Waals surface area contributed by atoms with Crippen molar-refractivity contribution < 1.29 is 23.1 Å². The number of aliphatic hydroxyl groups is 1. The summed E-state index contributed by atoms with van der Waals surface area (Å²) in [5, 5.41) is 28.6. The Kier molecular flexibility index (Phi) is 6.99. The van der Waals surface area contributed by atoms with E-state index in [4.69, 9.17) is 5.26 Å². The minimum Gasteiger partial charge on any atom is -0.384 e. The van der Waals surface area contributed by atoms with Crippen molar-refractivity contribution in [2.45, 2.75) is 25.4 Å². The molecule has 202 valence electrons. The summed E-state index contributed by atoms with van der Waals surface area (Å²) < 4.78 is 42.0. The summed E-state index contributed by atoms with van der Waals surface area (Å²) in [4.78, 5) is 21.4. The van der Waals surface area contributed by atoms with Crippen LogP contribution in [0.25, 0.3) is 0 Å². The fourth-order valence-corrected chi connectivity index (χ4v) is 5.97. The summed E-state index contributed by atoms with van der Waals surface area (Å²) in [7, 11) is 0. The zero-order chi connectivity index (χ0) is 27.9. The number of piperidine rings is 1. The maximum atomic E-state index is 14.9. The second kappa shape index (κ2) is 10.3. The van der Waals surface area contributed by atoms with E-state index in [2.05, 4.69) is 15.2 Å². The number of anilines is 1. The fraction of sp³-hybridized carbons (Fsp3) is 0.393. The van der Waals surface area contributed by atoms with E-state index in [1.54, 1.807) is 28.0 Å². The SMILES string of the molecule is CC1CN(C(=O)C2CN(c3ccc(C#N)nn3)CC2c2ncc(F)cc2F)CC(C)C1(O)c1ccc(F)cc1. The molecule has 0 bridgehead atoms. The average Bonchev–Trinajstić information content (AvgIpc) is 3.36. The van der Waals surface area contributed by atoms with Crippen molar-refractivity contribution >= 4 is 11.7 Å². The number of carbonyl (C=O) groups is 1. The number of hydrogen-bond acceptors (Lipinski definition) is 7. The number of aromatic nitrogens is 3. The molecule has 4 heterocycles.